The Hall–Kier alpha value is -1.13. The Bertz CT molecular complexity index is 406. The summed E-state index contributed by atoms with van der Waals surface area (Å²) in [5.74, 6) is 0.924. The molecule has 2 heterocycles. The molecule has 0 amide bonds. The van der Waals surface area contributed by atoms with Crippen molar-refractivity contribution in [2.75, 3.05) is 0 Å². The third-order valence-electron chi connectivity index (χ3n) is 2.00. The smallest absolute Gasteiger partial charge is 0.110 e. The summed E-state index contributed by atoms with van der Waals surface area (Å²) in [5.41, 5.74) is 0. The highest BCUT2D eigenvalue weighted by atomic mass is 32.1. The Morgan fingerprint density at radius 3 is 3.13 bits per heavy atom. The first-order valence-electron chi connectivity index (χ1n) is 4.88. The molecule has 0 aliphatic heterocycles. The standard InChI is InChI=1S/C11H13NO2S/c1-8(13)5-10-7-12-11(15-10)6-9-3-2-4-14-9/h2-4,7-8,13H,5-6H2,1H3. The number of rotatable bonds is 4. The van der Waals surface area contributed by atoms with Crippen LogP contribution in [0.25, 0.3) is 0 Å². The Morgan fingerprint density at radius 2 is 2.47 bits per heavy atom. The molecule has 80 valence electrons. The SMILES string of the molecule is CC(O)Cc1cnc(Cc2ccco2)s1. The molecule has 0 aliphatic rings. The molecule has 1 atom stereocenters. The van der Waals surface area contributed by atoms with Gasteiger partial charge in [-0.05, 0) is 19.1 Å². The van der Waals surface area contributed by atoms with Gasteiger partial charge in [0.2, 0.25) is 0 Å². The van der Waals surface area contributed by atoms with E-state index in [1.165, 1.54) is 0 Å². The largest absolute Gasteiger partial charge is 0.469 e. The predicted molar refractivity (Wildman–Crippen MR) is 59.0 cm³/mol. The van der Waals surface area contributed by atoms with E-state index in [0.29, 0.717) is 6.42 Å². The summed E-state index contributed by atoms with van der Waals surface area (Å²) in [5, 5.41) is 10.3. The van der Waals surface area contributed by atoms with E-state index in [1.807, 2.05) is 18.3 Å². The van der Waals surface area contributed by atoms with Gasteiger partial charge in [-0.1, -0.05) is 0 Å². The molecule has 0 saturated heterocycles. The number of aliphatic hydroxyl groups excluding tert-OH is 1. The number of hydrogen-bond donors (Lipinski definition) is 1. The molecule has 0 spiro atoms. The van der Waals surface area contributed by atoms with Crippen LogP contribution in [-0.2, 0) is 12.8 Å². The zero-order valence-corrected chi connectivity index (χ0v) is 9.33. The third-order valence-corrected chi connectivity index (χ3v) is 3.02. The molecule has 2 aromatic heterocycles. The van der Waals surface area contributed by atoms with Crippen LogP contribution in [-0.4, -0.2) is 16.2 Å². The molecule has 2 aromatic rings. The molecule has 3 nitrogen and oxygen atoms in total. The lowest BCUT2D eigenvalue weighted by Crippen LogP contribution is -2.01. The number of thiazole rings is 1. The zero-order valence-electron chi connectivity index (χ0n) is 8.51. The fourth-order valence-electron chi connectivity index (χ4n) is 1.38. The molecule has 0 aliphatic carbocycles. The van der Waals surface area contributed by atoms with Crippen molar-refractivity contribution in [2.45, 2.75) is 25.9 Å². The van der Waals surface area contributed by atoms with Crippen molar-refractivity contribution in [1.82, 2.24) is 4.98 Å². The van der Waals surface area contributed by atoms with Crippen molar-refractivity contribution in [2.24, 2.45) is 0 Å². The van der Waals surface area contributed by atoms with E-state index in [1.54, 1.807) is 24.5 Å². The van der Waals surface area contributed by atoms with E-state index < -0.39 is 0 Å². The second-order valence-electron chi connectivity index (χ2n) is 3.53. The first-order chi connectivity index (χ1) is 7.24. The van der Waals surface area contributed by atoms with Crippen molar-refractivity contribution < 1.29 is 9.52 Å². The van der Waals surface area contributed by atoms with Crippen LogP contribution in [0.15, 0.2) is 29.0 Å². The molecule has 2 rings (SSSR count). The minimum atomic E-state index is -0.304. The Morgan fingerprint density at radius 1 is 1.60 bits per heavy atom. The molecule has 15 heavy (non-hydrogen) atoms. The summed E-state index contributed by atoms with van der Waals surface area (Å²) < 4.78 is 5.25. The number of furan rings is 1. The Labute approximate surface area is 92.4 Å². The summed E-state index contributed by atoms with van der Waals surface area (Å²) in [4.78, 5) is 5.41. The highest BCUT2D eigenvalue weighted by molar-refractivity contribution is 7.11. The van der Waals surface area contributed by atoms with Crippen LogP contribution in [0.4, 0.5) is 0 Å². The zero-order chi connectivity index (χ0) is 10.7. The molecule has 0 radical (unpaired) electrons. The van der Waals surface area contributed by atoms with E-state index in [-0.39, 0.29) is 6.10 Å². The number of aliphatic hydroxyl groups is 1. The predicted octanol–water partition coefficient (Wildman–Crippen LogP) is 2.25. The van der Waals surface area contributed by atoms with E-state index in [0.717, 1.165) is 22.1 Å². The Balaban J connectivity index is 2.01. The number of nitrogens with zero attached hydrogens (tertiary/aromatic N) is 1. The number of aromatic nitrogens is 1. The lowest BCUT2D eigenvalue weighted by atomic mass is 10.3. The molecular weight excluding hydrogens is 210 g/mol. The molecule has 0 bridgehead atoms. The fraction of sp³-hybridized carbons (Fsp3) is 0.364. The van der Waals surface area contributed by atoms with Crippen molar-refractivity contribution in [1.29, 1.82) is 0 Å². The van der Waals surface area contributed by atoms with Crippen LogP contribution in [0.2, 0.25) is 0 Å². The minimum absolute atomic E-state index is 0.304. The van der Waals surface area contributed by atoms with Crippen LogP contribution >= 0.6 is 11.3 Å². The maximum Gasteiger partial charge on any atom is 0.110 e. The average molecular weight is 223 g/mol. The lowest BCUT2D eigenvalue weighted by molar-refractivity contribution is 0.196. The molecule has 0 aromatic carbocycles. The van der Waals surface area contributed by atoms with Crippen molar-refractivity contribution in [3.8, 4) is 0 Å². The first-order valence-corrected chi connectivity index (χ1v) is 5.69. The van der Waals surface area contributed by atoms with Crippen molar-refractivity contribution >= 4 is 11.3 Å². The minimum Gasteiger partial charge on any atom is -0.469 e. The van der Waals surface area contributed by atoms with E-state index in [4.69, 9.17) is 4.42 Å². The van der Waals surface area contributed by atoms with Gasteiger partial charge in [-0.25, -0.2) is 4.98 Å². The van der Waals surface area contributed by atoms with Crippen LogP contribution in [0.3, 0.4) is 0 Å². The maximum atomic E-state index is 9.23. The lowest BCUT2D eigenvalue weighted by Gasteiger charge is -1.98. The maximum absolute atomic E-state index is 9.23. The van der Waals surface area contributed by atoms with Gasteiger partial charge in [0.25, 0.3) is 0 Å². The highest BCUT2D eigenvalue weighted by Gasteiger charge is 2.06. The quantitative estimate of drug-likeness (QED) is 0.864. The Kier molecular flexibility index (Phi) is 3.18. The monoisotopic (exact) mass is 223 g/mol. The van der Waals surface area contributed by atoms with Gasteiger partial charge in [0.05, 0.1) is 18.8 Å². The van der Waals surface area contributed by atoms with Crippen molar-refractivity contribution in [3.05, 3.63) is 40.2 Å². The fourth-order valence-corrected chi connectivity index (χ4v) is 2.43. The average Bonchev–Trinajstić information content (AvgIpc) is 2.77. The van der Waals surface area contributed by atoms with Gasteiger partial charge in [0, 0.05) is 17.5 Å². The number of hydrogen-bond acceptors (Lipinski definition) is 4. The van der Waals surface area contributed by atoms with Crippen LogP contribution in [0.1, 0.15) is 22.6 Å². The summed E-state index contributed by atoms with van der Waals surface area (Å²) in [6, 6.07) is 3.81. The van der Waals surface area contributed by atoms with Crippen LogP contribution in [0.5, 0.6) is 0 Å². The van der Waals surface area contributed by atoms with Crippen molar-refractivity contribution in [3.63, 3.8) is 0 Å². The van der Waals surface area contributed by atoms with Gasteiger partial charge in [-0.3, -0.25) is 0 Å². The third kappa shape index (κ3) is 2.91. The van der Waals surface area contributed by atoms with E-state index in [9.17, 15) is 5.11 Å². The van der Waals surface area contributed by atoms with Gasteiger partial charge < -0.3 is 9.52 Å². The van der Waals surface area contributed by atoms with Gasteiger partial charge in [0.15, 0.2) is 0 Å². The second-order valence-corrected chi connectivity index (χ2v) is 4.73. The molecule has 1 unspecified atom stereocenters. The summed E-state index contributed by atoms with van der Waals surface area (Å²) in [7, 11) is 0. The second kappa shape index (κ2) is 4.59. The topological polar surface area (TPSA) is 46.3 Å². The molecule has 1 N–H and O–H groups in total. The van der Waals surface area contributed by atoms with Gasteiger partial charge >= 0.3 is 0 Å². The summed E-state index contributed by atoms with van der Waals surface area (Å²) in [6.07, 6.45) is 4.60. The molecule has 0 saturated carbocycles. The first kappa shape index (κ1) is 10.4. The van der Waals surface area contributed by atoms with Gasteiger partial charge in [-0.2, -0.15) is 0 Å². The van der Waals surface area contributed by atoms with E-state index in [2.05, 4.69) is 4.98 Å². The molecular formula is C11H13NO2S. The van der Waals surface area contributed by atoms with E-state index >= 15 is 0 Å². The highest BCUT2D eigenvalue weighted by Crippen LogP contribution is 2.18. The summed E-state index contributed by atoms with van der Waals surface area (Å²) >= 11 is 1.63. The normalized spacial score (nSPS) is 12.9. The molecule has 4 heteroatoms. The molecule has 0 fully saturated rings. The van der Waals surface area contributed by atoms with Crippen LogP contribution < -0.4 is 0 Å². The van der Waals surface area contributed by atoms with Crippen LogP contribution in [0, 0.1) is 0 Å². The summed E-state index contributed by atoms with van der Waals surface area (Å²) in [6.45, 7) is 1.78. The van der Waals surface area contributed by atoms with Gasteiger partial charge in [-0.15, -0.1) is 11.3 Å². The van der Waals surface area contributed by atoms with Gasteiger partial charge in [0.1, 0.15) is 10.8 Å².